The minimum absolute atomic E-state index is 0.334. The molecule has 21 heavy (non-hydrogen) atoms. The summed E-state index contributed by atoms with van der Waals surface area (Å²) in [6.45, 7) is 7.78. The summed E-state index contributed by atoms with van der Waals surface area (Å²) >= 11 is 0. The fourth-order valence-corrected chi connectivity index (χ4v) is 2.85. The molecule has 0 saturated carbocycles. The highest BCUT2D eigenvalue weighted by Gasteiger charge is 2.19. The van der Waals surface area contributed by atoms with Crippen molar-refractivity contribution in [1.82, 2.24) is 10.2 Å². The van der Waals surface area contributed by atoms with Gasteiger partial charge >= 0.3 is 5.97 Å². The highest BCUT2D eigenvalue weighted by atomic mass is 16.5. The van der Waals surface area contributed by atoms with Gasteiger partial charge in [0.2, 0.25) is 0 Å². The van der Waals surface area contributed by atoms with Gasteiger partial charge in [0.05, 0.1) is 13.7 Å². The van der Waals surface area contributed by atoms with Crippen molar-refractivity contribution in [1.29, 1.82) is 0 Å². The number of rotatable bonds is 6. The number of hydrogen-bond donors (Lipinski definition) is 1. The van der Waals surface area contributed by atoms with E-state index in [0.29, 0.717) is 17.4 Å². The van der Waals surface area contributed by atoms with Crippen molar-refractivity contribution in [2.45, 2.75) is 45.7 Å². The second-order valence-corrected chi connectivity index (χ2v) is 5.65. The quantitative estimate of drug-likeness (QED) is 0.816. The normalized spacial score (nSPS) is 19.0. The predicted molar refractivity (Wildman–Crippen MR) is 81.4 cm³/mol. The van der Waals surface area contributed by atoms with Crippen LogP contribution in [0.15, 0.2) is 10.5 Å². The second-order valence-electron chi connectivity index (χ2n) is 5.65. The molecular weight excluding hydrogens is 268 g/mol. The van der Waals surface area contributed by atoms with Gasteiger partial charge in [-0.2, -0.15) is 0 Å². The van der Waals surface area contributed by atoms with E-state index in [4.69, 9.17) is 9.15 Å². The van der Waals surface area contributed by atoms with Crippen LogP contribution in [0, 0.1) is 6.92 Å². The predicted octanol–water partition coefficient (Wildman–Crippen LogP) is 2.34. The number of furan rings is 1. The van der Waals surface area contributed by atoms with Crippen molar-refractivity contribution in [3.05, 3.63) is 23.2 Å². The lowest BCUT2D eigenvalue weighted by Crippen LogP contribution is -2.43. The molecule has 5 heteroatoms. The molecule has 0 aromatic carbocycles. The van der Waals surface area contributed by atoms with E-state index in [9.17, 15) is 4.79 Å². The lowest BCUT2D eigenvalue weighted by Gasteiger charge is -2.29. The van der Waals surface area contributed by atoms with Gasteiger partial charge in [-0.15, -0.1) is 0 Å². The van der Waals surface area contributed by atoms with E-state index in [2.05, 4.69) is 17.1 Å². The molecule has 1 aromatic rings. The molecule has 1 aromatic heterocycles. The van der Waals surface area contributed by atoms with Gasteiger partial charge in [0, 0.05) is 12.6 Å². The molecule has 0 amide bonds. The summed E-state index contributed by atoms with van der Waals surface area (Å²) in [5.74, 6) is 1.12. The number of esters is 1. The van der Waals surface area contributed by atoms with Crippen molar-refractivity contribution in [3.8, 4) is 0 Å². The first-order valence-corrected chi connectivity index (χ1v) is 7.77. The third-order valence-corrected chi connectivity index (χ3v) is 4.09. The molecule has 5 nitrogen and oxygen atoms in total. The van der Waals surface area contributed by atoms with E-state index in [1.165, 1.54) is 26.4 Å². The smallest absolute Gasteiger partial charge is 0.341 e. The highest BCUT2D eigenvalue weighted by molar-refractivity contribution is 5.90. The average Bonchev–Trinajstić information content (AvgIpc) is 2.87. The fraction of sp³-hybridized carbons (Fsp3) is 0.688. The zero-order valence-electron chi connectivity index (χ0n) is 13.3. The molecule has 1 saturated heterocycles. The summed E-state index contributed by atoms with van der Waals surface area (Å²) < 4.78 is 10.5. The van der Waals surface area contributed by atoms with E-state index in [0.717, 1.165) is 31.9 Å². The van der Waals surface area contributed by atoms with Crippen molar-refractivity contribution in [2.24, 2.45) is 0 Å². The Morgan fingerprint density at radius 1 is 1.52 bits per heavy atom. The van der Waals surface area contributed by atoms with Gasteiger partial charge in [-0.3, -0.25) is 4.90 Å². The van der Waals surface area contributed by atoms with E-state index >= 15 is 0 Å². The van der Waals surface area contributed by atoms with Crippen LogP contribution in [0.5, 0.6) is 0 Å². The summed E-state index contributed by atoms with van der Waals surface area (Å²) in [5.41, 5.74) is 0.527. The summed E-state index contributed by atoms with van der Waals surface area (Å²) in [5, 5.41) is 3.57. The topological polar surface area (TPSA) is 54.7 Å². The Morgan fingerprint density at radius 2 is 2.33 bits per heavy atom. The van der Waals surface area contributed by atoms with Crippen LogP contribution in [-0.4, -0.2) is 43.7 Å². The lowest BCUT2D eigenvalue weighted by atomic mass is 10.0. The summed E-state index contributed by atoms with van der Waals surface area (Å²) in [6, 6.07) is 2.37. The number of methoxy groups -OCH3 is 1. The van der Waals surface area contributed by atoms with Crippen LogP contribution in [0.25, 0.3) is 0 Å². The third-order valence-electron chi connectivity index (χ3n) is 4.09. The summed E-state index contributed by atoms with van der Waals surface area (Å²) in [7, 11) is 1.39. The molecule has 1 N–H and O–H groups in total. The third kappa shape index (κ3) is 4.32. The van der Waals surface area contributed by atoms with Gasteiger partial charge in [0.15, 0.2) is 0 Å². The Bertz CT molecular complexity index is 464. The summed E-state index contributed by atoms with van der Waals surface area (Å²) in [6.07, 6.45) is 3.82. The highest BCUT2D eigenvalue weighted by Crippen LogP contribution is 2.18. The molecular formula is C16H26N2O3. The zero-order valence-corrected chi connectivity index (χ0v) is 13.3. The number of aryl methyl sites for hydroxylation is 1. The molecule has 0 bridgehead atoms. The molecule has 118 valence electrons. The maximum Gasteiger partial charge on any atom is 0.341 e. The van der Waals surface area contributed by atoms with Gasteiger partial charge in [0.25, 0.3) is 0 Å². The number of piperidine rings is 1. The van der Waals surface area contributed by atoms with Crippen LogP contribution < -0.4 is 5.32 Å². The van der Waals surface area contributed by atoms with Gasteiger partial charge in [-0.05, 0) is 38.9 Å². The van der Waals surface area contributed by atoms with E-state index in [1.54, 1.807) is 13.0 Å². The first-order chi connectivity index (χ1) is 10.1. The van der Waals surface area contributed by atoms with E-state index in [-0.39, 0.29) is 5.97 Å². The minimum atomic E-state index is -0.334. The molecule has 0 radical (unpaired) electrons. The molecule has 2 rings (SSSR count). The molecule has 2 heterocycles. The molecule has 1 aliphatic heterocycles. The molecule has 0 aliphatic carbocycles. The fourth-order valence-electron chi connectivity index (χ4n) is 2.85. The molecule has 0 spiro atoms. The average molecular weight is 294 g/mol. The van der Waals surface area contributed by atoms with Crippen LogP contribution in [-0.2, 0) is 11.3 Å². The zero-order chi connectivity index (χ0) is 15.2. The van der Waals surface area contributed by atoms with Crippen LogP contribution in [0.1, 0.15) is 48.1 Å². The van der Waals surface area contributed by atoms with Crippen LogP contribution in [0.2, 0.25) is 0 Å². The van der Waals surface area contributed by atoms with Crippen LogP contribution in [0.3, 0.4) is 0 Å². The van der Waals surface area contributed by atoms with Crippen molar-refractivity contribution in [3.63, 3.8) is 0 Å². The van der Waals surface area contributed by atoms with Gasteiger partial charge in [-0.25, -0.2) is 4.79 Å². The Morgan fingerprint density at radius 3 is 2.95 bits per heavy atom. The standard InChI is InChI=1S/C16H26N2O3/c1-4-18(10-13-7-5-6-8-17-13)11-14-9-15(12(2)21-14)16(19)20-3/h9,13,17H,4-8,10-11H2,1-3H3. The number of carbonyl (C=O) groups excluding carboxylic acids is 1. The largest absolute Gasteiger partial charge is 0.465 e. The van der Waals surface area contributed by atoms with Crippen molar-refractivity contribution >= 4 is 5.97 Å². The van der Waals surface area contributed by atoms with Crippen LogP contribution in [0.4, 0.5) is 0 Å². The lowest BCUT2D eigenvalue weighted by molar-refractivity contribution is 0.0599. The first kappa shape index (κ1) is 16.0. The number of hydrogen-bond acceptors (Lipinski definition) is 5. The van der Waals surface area contributed by atoms with Crippen molar-refractivity contribution in [2.75, 3.05) is 26.7 Å². The molecule has 1 atom stereocenters. The number of carbonyl (C=O) groups is 1. The monoisotopic (exact) mass is 294 g/mol. The Kier molecular flexibility index (Phi) is 5.82. The van der Waals surface area contributed by atoms with Gasteiger partial charge < -0.3 is 14.5 Å². The summed E-state index contributed by atoms with van der Waals surface area (Å²) in [4.78, 5) is 14.0. The van der Waals surface area contributed by atoms with Gasteiger partial charge in [0.1, 0.15) is 17.1 Å². The Balaban J connectivity index is 1.96. The van der Waals surface area contributed by atoms with E-state index < -0.39 is 0 Å². The maximum absolute atomic E-state index is 11.6. The number of nitrogens with one attached hydrogen (secondary N) is 1. The van der Waals surface area contributed by atoms with Crippen LogP contribution >= 0.6 is 0 Å². The number of nitrogens with zero attached hydrogens (tertiary/aromatic N) is 1. The minimum Gasteiger partial charge on any atom is -0.465 e. The Labute approximate surface area is 126 Å². The van der Waals surface area contributed by atoms with Gasteiger partial charge in [-0.1, -0.05) is 13.3 Å². The first-order valence-electron chi connectivity index (χ1n) is 7.77. The SMILES string of the molecule is CCN(Cc1cc(C(=O)OC)c(C)o1)CC1CCCCN1. The number of ether oxygens (including phenoxy) is 1. The number of likely N-dealkylation sites (N-methyl/N-ethyl adjacent to an activating group) is 1. The second kappa shape index (κ2) is 7.61. The van der Waals surface area contributed by atoms with E-state index in [1.807, 2.05) is 0 Å². The van der Waals surface area contributed by atoms with Crippen molar-refractivity contribution < 1.29 is 13.9 Å². The Hall–Kier alpha value is -1.33. The molecule has 1 unspecified atom stereocenters. The molecule has 1 aliphatic rings. The maximum atomic E-state index is 11.6. The molecule has 1 fully saturated rings.